The fraction of sp³-hybridized carbons (Fsp3) is 0.333. The smallest absolute Gasteiger partial charge is 0.159 e. The zero-order valence-electron chi connectivity index (χ0n) is 8.48. The van der Waals surface area contributed by atoms with E-state index in [1.165, 1.54) is 12.8 Å². The van der Waals surface area contributed by atoms with E-state index in [4.69, 9.17) is 0 Å². The number of hydrogen-bond acceptors (Lipinski definition) is 3. The minimum atomic E-state index is 0.427. The molecule has 2 aromatic heterocycles. The molecule has 3 rings (SSSR count). The second kappa shape index (κ2) is 3.59. The zero-order valence-corrected chi connectivity index (χ0v) is 8.48. The lowest BCUT2D eigenvalue weighted by Crippen LogP contribution is -2.14. The van der Waals surface area contributed by atoms with Gasteiger partial charge in [0.05, 0.1) is 5.69 Å². The molecule has 0 spiro atoms. The van der Waals surface area contributed by atoms with Crippen molar-refractivity contribution in [3.63, 3.8) is 0 Å². The molecule has 0 aliphatic carbocycles. The summed E-state index contributed by atoms with van der Waals surface area (Å²) >= 11 is 0. The van der Waals surface area contributed by atoms with Crippen LogP contribution < -0.4 is 5.32 Å². The third-order valence-electron chi connectivity index (χ3n) is 2.90. The Morgan fingerprint density at radius 1 is 1.27 bits per heavy atom. The fourth-order valence-corrected chi connectivity index (χ4v) is 2.10. The lowest BCUT2D eigenvalue weighted by atomic mass is 10.1. The monoisotopic (exact) mass is 199 g/mol. The molecule has 1 fully saturated rings. The van der Waals surface area contributed by atoms with E-state index in [9.17, 15) is 0 Å². The highest BCUT2D eigenvalue weighted by Crippen LogP contribution is 2.22. The van der Waals surface area contributed by atoms with Crippen molar-refractivity contribution in [3.8, 4) is 0 Å². The standard InChI is InChI=1S/C12H13N3/c1-3-9-5-6-11(10-4-2-7-13-10)15-12(9)14-8-1/h1,3,5-6,8,10,13H,2,4,7H2. The molecule has 3 nitrogen and oxygen atoms in total. The van der Waals surface area contributed by atoms with Crippen molar-refractivity contribution in [3.05, 3.63) is 36.2 Å². The Morgan fingerprint density at radius 3 is 3.13 bits per heavy atom. The average Bonchev–Trinajstić information content (AvgIpc) is 2.82. The molecule has 2 aromatic rings. The largest absolute Gasteiger partial charge is 0.309 e. The Morgan fingerprint density at radius 2 is 2.27 bits per heavy atom. The molecule has 3 heterocycles. The molecule has 0 bridgehead atoms. The molecule has 1 atom stereocenters. The molecule has 1 unspecified atom stereocenters. The molecular formula is C12H13N3. The summed E-state index contributed by atoms with van der Waals surface area (Å²) in [6.07, 6.45) is 4.22. The number of nitrogens with zero attached hydrogens (tertiary/aromatic N) is 2. The van der Waals surface area contributed by atoms with Gasteiger partial charge < -0.3 is 5.32 Å². The van der Waals surface area contributed by atoms with E-state index in [0.29, 0.717) is 6.04 Å². The van der Waals surface area contributed by atoms with Crippen molar-refractivity contribution >= 4 is 11.0 Å². The Labute approximate surface area is 88.6 Å². The maximum absolute atomic E-state index is 4.58. The lowest BCUT2D eigenvalue weighted by molar-refractivity contribution is 0.630. The molecule has 0 saturated carbocycles. The summed E-state index contributed by atoms with van der Waals surface area (Å²) in [6.45, 7) is 1.10. The Bertz CT molecular complexity index is 475. The van der Waals surface area contributed by atoms with Gasteiger partial charge in [-0.2, -0.15) is 0 Å². The summed E-state index contributed by atoms with van der Waals surface area (Å²) in [4.78, 5) is 8.86. The van der Waals surface area contributed by atoms with Crippen LogP contribution in [0.1, 0.15) is 24.6 Å². The van der Waals surface area contributed by atoms with E-state index in [0.717, 1.165) is 23.3 Å². The Kier molecular flexibility index (Phi) is 2.10. The van der Waals surface area contributed by atoms with Gasteiger partial charge >= 0.3 is 0 Å². The first-order valence-electron chi connectivity index (χ1n) is 5.38. The van der Waals surface area contributed by atoms with E-state index in [1.807, 2.05) is 12.1 Å². The predicted molar refractivity (Wildman–Crippen MR) is 59.5 cm³/mol. The van der Waals surface area contributed by atoms with Gasteiger partial charge in [-0.25, -0.2) is 9.97 Å². The van der Waals surface area contributed by atoms with Gasteiger partial charge in [0, 0.05) is 17.6 Å². The number of hydrogen-bond donors (Lipinski definition) is 1. The predicted octanol–water partition coefficient (Wildman–Crippen LogP) is 2.05. The Balaban J connectivity index is 2.05. The lowest BCUT2D eigenvalue weighted by Gasteiger charge is -2.09. The summed E-state index contributed by atoms with van der Waals surface area (Å²) in [5.41, 5.74) is 1.97. The SMILES string of the molecule is c1cnc2nc(C3CCCN3)ccc2c1. The van der Waals surface area contributed by atoms with Crippen LogP contribution in [-0.4, -0.2) is 16.5 Å². The highest BCUT2D eigenvalue weighted by Gasteiger charge is 2.17. The van der Waals surface area contributed by atoms with Crippen LogP contribution in [0.25, 0.3) is 11.0 Å². The van der Waals surface area contributed by atoms with Crippen molar-refractivity contribution in [2.24, 2.45) is 0 Å². The molecule has 3 heteroatoms. The van der Waals surface area contributed by atoms with Gasteiger partial charge in [0.25, 0.3) is 0 Å². The van der Waals surface area contributed by atoms with Gasteiger partial charge in [-0.05, 0) is 43.7 Å². The van der Waals surface area contributed by atoms with Crippen LogP contribution >= 0.6 is 0 Å². The summed E-state index contributed by atoms with van der Waals surface area (Å²) in [7, 11) is 0. The molecule has 15 heavy (non-hydrogen) atoms. The van der Waals surface area contributed by atoms with Crippen molar-refractivity contribution < 1.29 is 0 Å². The fourth-order valence-electron chi connectivity index (χ4n) is 2.10. The minimum Gasteiger partial charge on any atom is -0.309 e. The maximum Gasteiger partial charge on any atom is 0.159 e. The van der Waals surface area contributed by atoms with Crippen molar-refractivity contribution in [2.45, 2.75) is 18.9 Å². The zero-order chi connectivity index (χ0) is 10.1. The molecule has 1 aliphatic heterocycles. The van der Waals surface area contributed by atoms with E-state index < -0.39 is 0 Å². The van der Waals surface area contributed by atoms with E-state index in [2.05, 4.69) is 27.4 Å². The molecule has 1 saturated heterocycles. The van der Waals surface area contributed by atoms with Gasteiger partial charge in [0.2, 0.25) is 0 Å². The molecule has 0 aromatic carbocycles. The Hall–Kier alpha value is -1.48. The van der Waals surface area contributed by atoms with Crippen molar-refractivity contribution in [1.29, 1.82) is 0 Å². The van der Waals surface area contributed by atoms with Crippen LogP contribution in [0.2, 0.25) is 0 Å². The summed E-state index contributed by atoms with van der Waals surface area (Å²) in [5, 5.41) is 4.56. The van der Waals surface area contributed by atoms with E-state index in [-0.39, 0.29) is 0 Å². The number of rotatable bonds is 1. The summed E-state index contributed by atoms with van der Waals surface area (Å²) in [6, 6.07) is 8.62. The first-order valence-corrected chi connectivity index (χ1v) is 5.38. The summed E-state index contributed by atoms with van der Waals surface area (Å²) < 4.78 is 0. The number of nitrogens with one attached hydrogen (secondary N) is 1. The third kappa shape index (κ3) is 1.59. The van der Waals surface area contributed by atoms with Crippen LogP contribution in [0.5, 0.6) is 0 Å². The second-order valence-corrected chi connectivity index (χ2v) is 3.94. The molecule has 76 valence electrons. The van der Waals surface area contributed by atoms with Crippen molar-refractivity contribution in [1.82, 2.24) is 15.3 Å². The van der Waals surface area contributed by atoms with Gasteiger partial charge in [-0.3, -0.25) is 0 Å². The first-order chi connectivity index (χ1) is 7.43. The molecule has 1 aliphatic rings. The number of pyridine rings is 2. The molecular weight excluding hydrogens is 186 g/mol. The minimum absolute atomic E-state index is 0.427. The highest BCUT2D eigenvalue weighted by molar-refractivity contribution is 5.74. The summed E-state index contributed by atoms with van der Waals surface area (Å²) in [5.74, 6) is 0. The topological polar surface area (TPSA) is 37.8 Å². The molecule has 0 amide bonds. The van der Waals surface area contributed by atoms with E-state index in [1.54, 1.807) is 6.20 Å². The first kappa shape index (κ1) is 8.80. The number of fused-ring (bicyclic) bond motifs is 1. The van der Waals surface area contributed by atoms with Gasteiger partial charge in [0.15, 0.2) is 5.65 Å². The van der Waals surface area contributed by atoms with Crippen LogP contribution in [0.4, 0.5) is 0 Å². The van der Waals surface area contributed by atoms with Crippen LogP contribution in [0.3, 0.4) is 0 Å². The van der Waals surface area contributed by atoms with Crippen LogP contribution in [0.15, 0.2) is 30.5 Å². The van der Waals surface area contributed by atoms with Crippen molar-refractivity contribution in [2.75, 3.05) is 6.54 Å². The van der Waals surface area contributed by atoms with Gasteiger partial charge in [-0.1, -0.05) is 0 Å². The number of aromatic nitrogens is 2. The normalized spacial score (nSPS) is 20.9. The second-order valence-electron chi connectivity index (χ2n) is 3.94. The quantitative estimate of drug-likeness (QED) is 0.763. The molecule has 0 radical (unpaired) electrons. The highest BCUT2D eigenvalue weighted by atomic mass is 15.0. The van der Waals surface area contributed by atoms with Crippen LogP contribution in [-0.2, 0) is 0 Å². The van der Waals surface area contributed by atoms with Crippen LogP contribution in [0, 0.1) is 0 Å². The van der Waals surface area contributed by atoms with Gasteiger partial charge in [0.1, 0.15) is 0 Å². The maximum atomic E-state index is 4.58. The van der Waals surface area contributed by atoms with Gasteiger partial charge in [-0.15, -0.1) is 0 Å². The third-order valence-corrected chi connectivity index (χ3v) is 2.90. The average molecular weight is 199 g/mol. The molecule has 1 N–H and O–H groups in total. The van der Waals surface area contributed by atoms with E-state index >= 15 is 0 Å².